The molecule has 18 heavy (non-hydrogen) atoms. The summed E-state index contributed by atoms with van der Waals surface area (Å²) < 4.78 is 5.73. The molecule has 1 N–H and O–H groups in total. The predicted octanol–water partition coefficient (Wildman–Crippen LogP) is 4.09. The van der Waals surface area contributed by atoms with Gasteiger partial charge in [-0.15, -0.1) is 6.58 Å². The van der Waals surface area contributed by atoms with E-state index in [1.807, 2.05) is 26.0 Å². The van der Waals surface area contributed by atoms with E-state index in [1.54, 1.807) is 0 Å². The maximum Gasteiger partial charge on any atom is 0.120 e. The number of hydrogen-bond acceptors (Lipinski definition) is 2. The Labute approximate surface area is 111 Å². The lowest BCUT2D eigenvalue weighted by Gasteiger charge is -2.19. The van der Waals surface area contributed by atoms with Crippen molar-refractivity contribution in [3.63, 3.8) is 0 Å². The van der Waals surface area contributed by atoms with E-state index < -0.39 is 0 Å². The lowest BCUT2D eigenvalue weighted by Crippen LogP contribution is -2.21. The monoisotopic (exact) mass is 247 g/mol. The number of rotatable bonds is 8. The molecule has 1 atom stereocenters. The van der Waals surface area contributed by atoms with Crippen LogP contribution in [0.15, 0.2) is 36.9 Å². The fourth-order valence-corrected chi connectivity index (χ4v) is 1.90. The first-order valence-corrected chi connectivity index (χ1v) is 6.78. The summed E-state index contributed by atoms with van der Waals surface area (Å²) in [5, 5.41) is 3.54. The van der Waals surface area contributed by atoms with Crippen LogP contribution in [0, 0.1) is 0 Å². The molecule has 1 rings (SSSR count). The van der Waals surface area contributed by atoms with E-state index in [0.717, 1.165) is 25.1 Å². The molecule has 0 spiro atoms. The molecular weight excluding hydrogens is 222 g/mol. The molecule has 0 amide bonds. The Hall–Kier alpha value is -1.28. The molecule has 0 saturated carbocycles. The maximum absolute atomic E-state index is 5.73. The van der Waals surface area contributed by atoms with Crippen molar-refractivity contribution in [3.8, 4) is 5.75 Å². The van der Waals surface area contributed by atoms with Crippen LogP contribution in [-0.4, -0.2) is 12.6 Å². The number of benzene rings is 1. The minimum absolute atomic E-state index is 0.210. The fraction of sp³-hybridized carbons (Fsp3) is 0.500. The summed E-state index contributed by atoms with van der Waals surface area (Å²) in [4.78, 5) is 0. The van der Waals surface area contributed by atoms with Crippen molar-refractivity contribution in [2.45, 2.75) is 45.8 Å². The highest BCUT2D eigenvalue weighted by molar-refractivity contribution is 5.31. The van der Waals surface area contributed by atoms with E-state index in [4.69, 9.17) is 4.74 Å². The number of hydrogen-bond donors (Lipinski definition) is 1. The van der Waals surface area contributed by atoms with E-state index >= 15 is 0 Å². The largest absolute Gasteiger partial charge is 0.491 e. The zero-order chi connectivity index (χ0) is 13.4. The molecule has 0 saturated heterocycles. The Balaban J connectivity index is 2.79. The first-order chi connectivity index (χ1) is 8.67. The third-order valence-electron chi connectivity index (χ3n) is 2.68. The van der Waals surface area contributed by atoms with Gasteiger partial charge in [0.15, 0.2) is 0 Å². The Morgan fingerprint density at radius 3 is 2.78 bits per heavy atom. The standard InChI is InChI=1S/C16H25NO/c1-5-8-16(17-11-6-2)14-9-7-10-15(12-14)18-13(3)4/h5,7,9-10,12-13,16-17H,1,6,8,11H2,2-4H3. The first kappa shape index (κ1) is 14.8. The van der Waals surface area contributed by atoms with Gasteiger partial charge >= 0.3 is 0 Å². The third kappa shape index (κ3) is 4.92. The Bertz CT molecular complexity index is 360. The molecule has 0 radical (unpaired) electrons. The van der Waals surface area contributed by atoms with Crippen LogP contribution in [0.3, 0.4) is 0 Å². The zero-order valence-corrected chi connectivity index (χ0v) is 11.8. The second-order valence-corrected chi connectivity index (χ2v) is 4.77. The van der Waals surface area contributed by atoms with Gasteiger partial charge in [0.1, 0.15) is 5.75 Å². The first-order valence-electron chi connectivity index (χ1n) is 6.78. The highest BCUT2D eigenvalue weighted by Gasteiger charge is 2.09. The smallest absolute Gasteiger partial charge is 0.120 e. The molecule has 0 aliphatic rings. The SMILES string of the molecule is C=CCC(NCCC)c1cccc(OC(C)C)c1. The van der Waals surface area contributed by atoms with Gasteiger partial charge in [-0.2, -0.15) is 0 Å². The van der Waals surface area contributed by atoms with Gasteiger partial charge in [-0.05, 0) is 50.9 Å². The highest BCUT2D eigenvalue weighted by Crippen LogP contribution is 2.22. The normalized spacial score (nSPS) is 12.4. The molecule has 0 aliphatic heterocycles. The molecule has 0 aliphatic carbocycles. The lowest BCUT2D eigenvalue weighted by atomic mass is 10.0. The molecule has 1 aromatic carbocycles. The molecule has 0 bridgehead atoms. The van der Waals surface area contributed by atoms with Crippen molar-refractivity contribution in [2.75, 3.05) is 6.54 Å². The summed E-state index contributed by atoms with van der Waals surface area (Å²) in [6.07, 6.45) is 4.24. The van der Waals surface area contributed by atoms with Crippen LogP contribution in [0.4, 0.5) is 0 Å². The minimum atomic E-state index is 0.210. The van der Waals surface area contributed by atoms with Crippen LogP contribution in [0.25, 0.3) is 0 Å². The lowest BCUT2D eigenvalue weighted by molar-refractivity contribution is 0.242. The minimum Gasteiger partial charge on any atom is -0.491 e. The molecule has 0 heterocycles. The molecular formula is C16H25NO. The van der Waals surface area contributed by atoms with Crippen LogP contribution in [0.2, 0.25) is 0 Å². The summed E-state index contributed by atoms with van der Waals surface area (Å²) in [6, 6.07) is 8.66. The van der Waals surface area contributed by atoms with Gasteiger partial charge < -0.3 is 10.1 Å². The van der Waals surface area contributed by atoms with Crippen molar-refractivity contribution >= 4 is 0 Å². The van der Waals surface area contributed by atoms with Gasteiger partial charge in [0.2, 0.25) is 0 Å². The van der Waals surface area contributed by atoms with Crippen molar-refractivity contribution in [3.05, 3.63) is 42.5 Å². The van der Waals surface area contributed by atoms with Crippen LogP contribution < -0.4 is 10.1 Å². The van der Waals surface area contributed by atoms with Gasteiger partial charge in [0.05, 0.1) is 6.10 Å². The van der Waals surface area contributed by atoms with Crippen LogP contribution in [-0.2, 0) is 0 Å². The van der Waals surface area contributed by atoms with Crippen LogP contribution >= 0.6 is 0 Å². The maximum atomic E-state index is 5.73. The fourth-order valence-electron chi connectivity index (χ4n) is 1.90. The zero-order valence-electron chi connectivity index (χ0n) is 11.8. The Morgan fingerprint density at radius 2 is 2.17 bits per heavy atom. The summed E-state index contributed by atoms with van der Waals surface area (Å²) in [6.45, 7) is 11.1. The van der Waals surface area contributed by atoms with Gasteiger partial charge in [-0.1, -0.05) is 25.1 Å². The second-order valence-electron chi connectivity index (χ2n) is 4.77. The number of ether oxygens (including phenoxy) is 1. The Kier molecular flexibility index (Phi) is 6.51. The molecule has 100 valence electrons. The Morgan fingerprint density at radius 1 is 1.39 bits per heavy atom. The average Bonchev–Trinajstić information content (AvgIpc) is 2.34. The second kappa shape index (κ2) is 7.93. The summed E-state index contributed by atoms with van der Waals surface area (Å²) in [7, 11) is 0. The quantitative estimate of drug-likeness (QED) is 0.699. The van der Waals surface area contributed by atoms with Gasteiger partial charge in [0, 0.05) is 6.04 Å². The predicted molar refractivity (Wildman–Crippen MR) is 78.1 cm³/mol. The molecule has 1 aromatic rings. The van der Waals surface area contributed by atoms with Crippen LogP contribution in [0.5, 0.6) is 5.75 Å². The molecule has 0 aromatic heterocycles. The van der Waals surface area contributed by atoms with E-state index in [-0.39, 0.29) is 6.10 Å². The number of nitrogens with one attached hydrogen (secondary N) is 1. The third-order valence-corrected chi connectivity index (χ3v) is 2.68. The molecule has 1 unspecified atom stereocenters. The van der Waals surface area contributed by atoms with Crippen LogP contribution in [0.1, 0.15) is 45.2 Å². The van der Waals surface area contributed by atoms with E-state index in [9.17, 15) is 0 Å². The van der Waals surface area contributed by atoms with Crippen molar-refractivity contribution in [1.29, 1.82) is 0 Å². The van der Waals surface area contributed by atoms with Gasteiger partial charge in [-0.3, -0.25) is 0 Å². The van der Waals surface area contributed by atoms with E-state index in [2.05, 4.69) is 37.0 Å². The molecule has 0 fully saturated rings. The average molecular weight is 247 g/mol. The summed E-state index contributed by atoms with van der Waals surface area (Å²) in [5.41, 5.74) is 1.27. The van der Waals surface area contributed by atoms with Gasteiger partial charge in [0.25, 0.3) is 0 Å². The summed E-state index contributed by atoms with van der Waals surface area (Å²) in [5.74, 6) is 0.940. The van der Waals surface area contributed by atoms with E-state index in [1.165, 1.54) is 5.56 Å². The highest BCUT2D eigenvalue weighted by atomic mass is 16.5. The van der Waals surface area contributed by atoms with Crippen molar-refractivity contribution < 1.29 is 4.74 Å². The summed E-state index contributed by atoms with van der Waals surface area (Å²) >= 11 is 0. The van der Waals surface area contributed by atoms with Crippen molar-refractivity contribution in [1.82, 2.24) is 5.32 Å². The van der Waals surface area contributed by atoms with Gasteiger partial charge in [-0.25, -0.2) is 0 Å². The van der Waals surface area contributed by atoms with E-state index in [0.29, 0.717) is 6.04 Å². The topological polar surface area (TPSA) is 21.3 Å². The molecule has 2 heteroatoms. The van der Waals surface area contributed by atoms with Crippen molar-refractivity contribution in [2.24, 2.45) is 0 Å². The molecule has 2 nitrogen and oxygen atoms in total.